The van der Waals surface area contributed by atoms with Gasteiger partial charge in [0.2, 0.25) is 0 Å². The van der Waals surface area contributed by atoms with Gasteiger partial charge in [0.05, 0.1) is 22.9 Å². The van der Waals surface area contributed by atoms with E-state index in [0.717, 1.165) is 34.0 Å². The maximum atomic E-state index is 12.6. The van der Waals surface area contributed by atoms with Gasteiger partial charge in [0.15, 0.2) is 0 Å². The lowest BCUT2D eigenvalue weighted by atomic mass is 10.1. The molecule has 2 aromatic heterocycles. The second-order valence-electron chi connectivity index (χ2n) is 6.31. The average molecular weight is 382 g/mol. The summed E-state index contributed by atoms with van der Waals surface area (Å²) in [5.41, 5.74) is 2.80. The topological polar surface area (TPSA) is 76.9 Å². The minimum absolute atomic E-state index is 0.147. The van der Waals surface area contributed by atoms with Gasteiger partial charge < -0.3 is 5.32 Å². The number of carbonyl (C=O) groups is 1. The van der Waals surface area contributed by atoms with Crippen molar-refractivity contribution in [3.8, 4) is 11.3 Å². The van der Waals surface area contributed by atoms with Crippen LogP contribution in [-0.2, 0) is 20.0 Å². The monoisotopic (exact) mass is 382 g/mol. The van der Waals surface area contributed by atoms with Crippen LogP contribution in [0.1, 0.15) is 39.3 Å². The highest BCUT2D eigenvalue weighted by Gasteiger charge is 2.11. The molecule has 7 heteroatoms. The zero-order valence-electron chi connectivity index (χ0n) is 15.7. The van der Waals surface area contributed by atoms with Crippen molar-refractivity contribution in [2.45, 2.75) is 33.2 Å². The van der Waals surface area contributed by atoms with Crippen molar-refractivity contribution < 1.29 is 4.79 Å². The number of aryl methyl sites for hydroxylation is 3. The van der Waals surface area contributed by atoms with Crippen molar-refractivity contribution >= 4 is 17.2 Å². The number of carbonyl (C=O) groups excluding carboxylic acids is 1. The summed E-state index contributed by atoms with van der Waals surface area (Å²) in [6, 6.07) is 10.4. The molecule has 0 unspecified atom stereocenters. The summed E-state index contributed by atoms with van der Waals surface area (Å²) in [5, 5.41) is 8.31. The molecule has 1 amide bonds. The first-order valence-electron chi connectivity index (χ1n) is 8.86. The normalized spacial score (nSPS) is 10.8. The zero-order valence-corrected chi connectivity index (χ0v) is 16.5. The van der Waals surface area contributed by atoms with Gasteiger partial charge in [-0.05, 0) is 38.0 Å². The van der Waals surface area contributed by atoms with Crippen LogP contribution >= 0.6 is 11.3 Å². The average Bonchev–Trinajstić information content (AvgIpc) is 3.01. The lowest BCUT2D eigenvalue weighted by Gasteiger charge is -2.07. The van der Waals surface area contributed by atoms with Crippen LogP contribution in [0.4, 0.5) is 0 Å². The Labute approximate surface area is 161 Å². The Kier molecular flexibility index (Phi) is 5.81. The minimum Gasteiger partial charge on any atom is -0.347 e. The number of aromatic nitrogens is 3. The van der Waals surface area contributed by atoms with Crippen LogP contribution in [0.2, 0.25) is 0 Å². The van der Waals surface area contributed by atoms with Crippen LogP contribution in [0.15, 0.2) is 41.2 Å². The quantitative estimate of drug-likeness (QED) is 0.711. The van der Waals surface area contributed by atoms with Crippen molar-refractivity contribution in [1.29, 1.82) is 0 Å². The second-order valence-corrected chi connectivity index (χ2v) is 7.48. The van der Waals surface area contributed by atoms with Crippen molar-refractivity contribution in [3.05, 3.63) is 67.9 Å². The lowest BCUT2D eigenvalue weighted by Crippen LogP contribution is -2.22. The third-order valence-corrected chi connectivity index (χ3v) is 5.41. The molecule has 0 aliphatic rings. The Morgan fingerprint density at radius 1 is 1.26 bits per heavy atom. The highest BCUT2D eigenvalue weighted by Crippen LogP contribution is 2.20. The van der Waals surface area contributed by atoms with E-state index in [9.17, 15) is 9.59 Å². The van der Waals surface area contributed by atoms with E-state index in [2.05, 4.69) is 22.3 Å². The highest BCUT2D eigenvalue weighted by molar-refractivity contribution is 7.11. The van der Waals surface area contributed by atoms with Crippen LogP contribution in [0.25, 0.3) is 11.3 Å². The van der Waals surface area contributed by atoms with E-state index in [1.165, 1.54) is 10.7 Å². The number of nitrogens with zero attached hydrogens (tertiary/aromatic N) is 3. The fraction of sp³-hybridized carbons (Fsp3) is 0.300. The Morgan fingerprint density at radius 3 is 2.81 bits per heavy atom. The van der Waals surface area contributed by atoms with Gasteiger partial charge in [0, 0.05) is 29.1 Å². The molecule has 0 bridgehead atoms. The van der Waals surface area contributed by atoms with Gasteiger partial charge in [0.25, 0.3) is 11.5 Å². The summed E-state index contributed by atoms with van der Waals surface area (Å²) in [6.45, 7) is 4.57. The molecular formula is C20H22N4O2S. The number of benzene rings is 1. The first-order valence-corrected chi connectivity index (χ1v) is 9.67. The molecule has 27 heavy (non-hydrogen) atoms. The van der Waals surface area contributed by atoms with Gasteiger partial charge in [-0.3, -0.25) is 9.59 Å². The minimum atomic E-state index is -0.171. The molecule has 0 saturated heterocycles. The van der Waals surface area contributed by atoms with E-state index in [0.29, 0.717) is 17.8 Å². The third kappa shape index (κ3) is 4.49. The lowest BCUT2D eigenvalue weighted by molar-refractivity contribution is 0.0951. The van der Waals surface area contributed by atoms with Crippen LogP contribution in [0.5, 0.6) is 0 Å². The molecule has 3 aromatic rings. The van der Waals surface area contributed by atoms with Gasteiger partial charge in [0.1, 0.15) is 0 Å². The Morgan fingerprint density at radius 2 is 2.07 bits per heavy atom. The van der Waals surface area contributed by atoms with Gasteiger partial charge in [-0.15, -0.1) is 11.3 Å². The zero-order chi connectivity index (χ0) is 19.4. The molecule has 6 nitrogen and oxygen atoms in total. The molecule has 0 aliphatic heterocycles. The van der Waals surface area contributed by atoms with Crippen LogP contribution < -0.4 is 10.9 Å². The van der Waals surface area contributed by atoms with Gasteiger partial charge in [-0.1, -0.05) is 19.1 Å². The SMILES string of the molecule is CCCc1nc(C)c(CNC(=O)c2cccc(-c3ccc(=O)n(C)n3)c2)s1. The molecule has 0 radical (unpaired) electrons. The van der Waals surface area contributed by atoms with Gasteiger partial charge in [-0.25, -0.2) is 9.67 Å². The molecule has 140 valence electrons. The molecule has 0 atom stereocenters. The van der Waals surface area contributed by atoms with E-state index in [-0.39, 0.29) is 11.5 Å². The second kappa shape index (κ2) is 8.26. The van der Waals surface area contributed by atoms with Crippen LogP contribution in [-0.4, -0.2) is 20.7 Å². The van der Waals surface area contributed by atoms with Crippen LogP contribution in [0, 0.1) is 6.92 Å². The van der Waals surface area contributed by atoms with Gasteiger partial charge >= 0.3 is 0 Å². The molecule has 0 aliphatic carbocycles. The van der Waals surface area contributed by atoms with E-state index in [1.807, 2.05) is 19.1 Å². The fourth-order valence-electron chi connectivity index (χ4n) is 2.71. The molecule has 0 spiro atoms. The number of hydrogen-bond donors (Lipinski definition) is 1. The maximum Gasteiger partial charge on any atom is 0.266 e. The molecule has 3 rings (SSSR count). The van der Waals surface area contributed by atoms with Crippen molar-refractivity contribution in [2.24, 2.45) is 7.05 Å². The Hall–Kier alpha value is -2.80. The summed E-state index contributed by atoms with van der Waals surface area (Å²) in [7, 11) is 1.60. The van der Waals surface area contributed by atoms with Gasteiger partial charge in [-0.2, -0.15) is 5.10 Å². The number of thiazole rings is 1. The summed E-state index contributed by atoms with van der Waals surface area (Å²) in [4.78, 5) is 29.7. The number of rotatable bonds is 6. The third-order valence-electron chi connectivity index (χ3n) is 4.19. The van der Waals surface area contributed by atoms with Crippen molar-refractivity contribution in [1.82, 2.24) is 20.1 Å². The van der Waals surface area contributed by atoms with E-state index >= 15 is 0 Å². The predicted octanol–water partition coefficient (Wildman–Crippen LogP) is 3.09. The maximum absolute atomic E-state index is 12.6. The number of amides is 1. The summed E-state index contributed by atoms with van der Waals surface area (Å²) < 4.78 is 1.28. The summed E-state index contributed by atoms with van der Waals surface area (Å²) in [6.07, 6.45) is 2.03. The Bertz CT molecular complexity index is 1020. The largest absolute Gasteiger partial charge is 0.347 e. The van der Waals surface area contributed by atoms with E-state index in [1.54, 1.807) is 36.6 Å². The first-order chi connectivity index (χ1) is 13.0. The molecule has 0 fully saturated rings. The van der Waals surface area contributed by atoms with Crippen molar-refractivity contribution in [2.75, 3.05) is 0 Å². The molecule has 0 saturated carbocycles. The smallest absolute Gasteiger partial charge is 0.266 e. The number of hydrogen-bond acceptors (Lipinski definition) is 5. The van der Waals surface area contributed by atoms with E-state index in [4.69, 9.17) is 0 Å². The molecule has 2 heterocycles. The fourth-order valence-corrected chi connectivity index (χ4v) is 3.82. The molecular weight excluding hydrogens is 360 g/mol. The summed E-state index contributed by atoms with van der Waals surface area (Å²) >= 11 is 1.66. The van der Waals surface area contributed by atoms with Crippen molar-refractivity contribution in [3.63, 3.8) is 0 Å². The van der Waals surface area contributed by atoms with E-state index < -0.39 is 0 Å². The first kappa shape index (κ1) is 19.0. The number of nitrogens with one attached hydrogen (secondary N) is 1. The molecule has 1 N–H and O–H groups in total. The standard InChI is InChI=1S/C20H22N4O2S/c1-4-6-18-22-13(2)17(27-18)12-21-20(26)15-8-5-7-14(11-15)16-9-10-19(25)24(3)23-16/h5,7-11H,4,6,12H2,1-3H3,(H,21,26). The molecule has 1 aromatic carbocycles. The highest BCUT2D eigenvalue weighted by atomic mass is 32.1. The predicted molar refractivity (Wildman–Crippen MR) is 107 cm³/mol. The summed E-state index contributed by atoms with van der Waals surface area (Å²) in [5.74, 6) is -0.147. The Balaban J connectivity index is 1.73. The van der Waals surface area contributed by atoms with Crippen LogP contribution in [0.3, 0.4) is 0 Å².